The van der Waals surface area contributed by atoms with E-state index in [-0.39, 0.29) is 108 Å². The normalized spacial score (nSPS) is 26.0. The number of benzene rings is 3. The summed E-state index contributed by atoms with van der Waals surface area (Å²) >= 11 is 10.3. The van der Waals surface area contributed by atoms with Crippen molar-refractivity contribution in [2.75, 3.05) is 19.8 Å². The van der Waals surface area contributed by atoms with Crippen LogP contribution in [0.3, 0.4) is 0 Å². The Morgan fingerprint density at radius 2 is 0.722 bits per heavy atom. The van der Waals surface area contributed by atoms with Gasteiger partial charge in [0, 0.05) is 86.4 Å². The average Bonchev–Trinajstić information content (AvgIpc) is 4.08. The van der Waals surface area contributed by atoms with Crippen LogP contribution < -0.4 is 14.2 Å². The highest BCUT2D eigenvalue weighted by Gasteiger charge is 2.48. The minimum atomic E-state index is -0.484. The maximum Gasteiger partial charge on any atom is 0.315 e. The average molecular weight is 1190 g/mol. The molecule has 0 radical (unpaired) electrons. The minimum absolute atomic E-state index is 0.0726. The van der Waals surface area contributed by atoms with Gasteiger partial charge < -0.3 is 28.4 Å². The van der Waals surface area contributed by atoms with E-state index in [0.717, 1.165) is 30.1 Å². The Balaban J connectivity index is 0.000000158. The second-order valence-corrected chi connectivity index (χ2v) is 21.6. The lowest BCUT2D eigenvalue weighted by Crippen LogP contribution is -2.37. The topological polar surface area (TPSA) is 209 Å². The molecule has 15 nitrogen and oxygen atoms in total. The molecule has 3 aliphatic heterocycles. The van der Waals surface area contributed by atoms with Crippen LogP contribution in [-0.2, 0) is 57.4 Å². The van der Waals surface area contributed by atoms with Gasteiger partial charge in [0.2, 0.25) is 0 Å². The van der Waals surface area contributed by atoms with E-state index in [1.54, 1.807) is 57.2 Å². The maximum absolute atomic E-state index is 12.6. The quantitative estimate of drug-likeness (QED) is 0.0939. The van der Waals surface area contributed by atoms with E-state index in [0.29, 0.717) is 94.9 Å². The molecular weight excluding hydrogens is 1130 g/mol. The van der Waals surface area contributed by atoms with Crippen molar-refractivity contribution in [2.24, 2.45) is 35.5 Å². The summed E-state index contributed by atoms with van der Waals surface area (Å²) in [6.45, 7) is 6.16. The van der Waals surface area contributed by atoms with Crippen LogP contribution in [-0.4, -0.2) is 73.0 Å². The van der Waals surface area contributed by atoms with Gasteiger partial charge in [-0.15, -0.1) is 0 Å². The third-order valence-corrected chi connectivity index (χ3v) is 15.8. The molecule has 3 aliphatic carbocycles. The molecule has 72 heavy (non-hydrogen) atoms. The Kier molecular flexibility index (Phi) is 18.8. The lowest BCUT2D eigenvalue weighted by Gasteiger charge is -2.34. The molecule has 3 heterocycles. The van der Waals surface area contributed by atoms with Crippen molar-refractivity contribution in [3.05, 3.63) is 84.7 Å². The van der Waals surface area contributed by atoms with E-state index >= 15 is 0 Å². The van der Waals surface area contributed by atoms with Gasteiger partial charge >= 0.3 is 35.8 Å². The zero-order chi connectivity index (χ0) is 51.8. The number of ketones is 3. The van der Waals surface area contributed by atoms with Gasteiger partial charge in [-0.3, -0.25) is 43.2 Å². The number of carbonyl (C=O) groups excluding carboxylic acids is 9. The number of rotatable bonds is 12. The van der Waals surface area contributed by atoms with Crippen molar-refractivity contribution in [2.45, 2.75) is 116 Å². The molecule has 0 amide bonds. The number of Topliss-reactive ketones (excluding diaryl/α,β-unsaturated/α-hetero) is 3. The number of ether oxygens (including phenoxy) is 6. The number of halogens is 3. The van der Waals surface area contributed by atoms with Crippen LogP contribution >= 0.6 is 47.8 Å². The molecule has 3 saturated carbocycles. The van der Waals surface area contributed by atoms with E-state index in [4.69, 9.17) is 28.4 Å². The van der Waals surface area contributed by atoms with Crippen LogP contribution in [0.4, 0.5) is 0 Å². The molecule has 384 valence electrons. The molecule has 18 heteroatoms. The van der Waals surface area contributed by atoms with Gasteiger partial charge in [-0.2, -0.15) is 0 Å². The second kappa shape index (κ2) is 24.8. The number of esters is 6. The van der Waals surface area contributed by atoms with Crippen LogP contribution in [0.25, 0.3) is 0 Å². The predicted octanol–water partition coefficient (Wildman–Crippen LogP) is 10.2. The number of fused-ring (bicyclic) bond motifs is 3. The number of hydrogen-bond acceptors (Lipinski definition) is 15. The Bertz CT molecular complexity index is 2330. The summed E-state index contributed by atoms with van der Waals surface area (Å²) in [5.74, 6) is -2.74. The Morgan fingerprint density at radius 3 is 0.944 bits per heavy atom. The first-order valence-electron chi connectivity index (χ1n) is 24.5. The second-order valence-electron chi connectivity index (χ2n) is 18.9. The summed E-state index contributed by atoms with van der Waals surface area (Å²) < 4.78 is 34.3. The fourth-order valence-corrected chi connectivity index (χ4v) is 12.4. The van der Waals surface area contributed by atoms with Crippen LogP contribution in [0.1, 0.15) is 132 Å². The summed E-state index contributed by atoms with van der Waals surface area (Å²) in [7, 11) is 0. The molecule has 0 unspecified atom stereocenters. The highest BCUT2D eigenvalue weighted by molar-refractivity contribution is 9.11. The standard InChI is InChI=1S/3C18H19BrO5/c3*1-2-23-16(21)9-14-13-8-11(19)4-6-15(13)24-18(22)17(14)10-3-5-12(20)7-10/h3*4,6,8,10,14,17H,2-3,5,7,9H2,1H3/t3*10-,14-,17+/m110/s1. The third kappa shape index (κ3) is 13.2. The van der Waals surface area contributed by atoms with Crippen molar-refractivity contribution in [1.29, 1.82) is 0 Å². The molecule has 3 aromatic carbocycles. The highest BCUT2D eigenvalue weighted by atomic mass is 79.9. The summed E-state index contributed by atoms with van der Waals surface area (Å²) in [5, 5.41) is 0. The summed E-state index contributed by atoms with van der Waals surface area (Å²) in [5.41, 5.74) is 2.46. The van der Waals surface area contributed by atoms with E-state index < -0.39 is 17.8 Å². The molecule has 3 aromatic rings. The lowest BCUT2D eigenvalue weighted by molar-refractivity contribution is -0.149. The fourth-order valence-electron chi connectivity index (χ4n) is 11.2. The first-order valence-corrected chi connectivity index (χ1v) is 26.9. The largest absolute Gasteiger partial charge is 0.466 e. The van der Waals surface area contributed by atoms with Gasteiger partial charge in [-0.25, -0.2) is 0 Å². The summed E-state index contributed by atoms with van der Waals surface area (Å²) in [6.07, 6.45) is 4.95. The zero-order valence-corrected chi connectivity index (χ0v) is 45.0. The lowest BCUT2D eigenvalue weighted by atomic mass is 9.74. The smallest absolute Gasteiger partial charge is 0.315 e. The van der Waals surface area contributed by atoms with Crippen molar-refractivity contribution >= 4 is 101 Å². The van der Waals surface area contributed by atoms with E-state index in [2.05, 4.69) is 47.8 Å². The molecule has 9 rings (SSSR count). The summed E-state index contributed by atoms with van der Waals surface area (Å²) in [6, 6.07) is 16.2. The zero-order valence-electron chi connectivity index (χ0n) is 40.3. The van der Waals surface area contributed by atoms with Crippen LogP contribution in [0.15, 0.2) is 68.0 Å². The Hall–Kier alpha value is -5.07. The van der Waals surface area contributed by atoms with Crippen molar-refractivity contribution < 1.29 is 71.6 Å². The SMILES string of the molecule is CCOC(=O)C[C@@H]1c2cc(Br)ccc2OC(=O)[C@H]1[C@@H]1CCC(=O)C1.CCOC(=O)C[C@@H]1c2cc(Br)ccc2OC(=O)[C@H]1[C@@H]1CCC(=O)C1.CCOC(=O)C[C@H]1c2cc(Br)ccc2OC(=O)[C@@H]1[C@H]1CCC(=O)C1. The molecule has 0 spiro atoms. The van der Waals surface area contributed by atoms with E-state index in [1.807, 2.05) is 18.2 Å². The van der Waals surface area contributed by atoms with Gasteiger partial charge in [0.15, 0.2) is 0 Å². The van der Waals surface area contributed by atoms with Gasteiger partial charge in [-0.05, 0) is 112 Å². The summed E-state index contributed by atoms with van der Waals surface area (Å²) in [4.78, 5) is 109. The molecular formula is C54H57Br3O15. The van der Waals surface area contributed by atoms with Gasteiger partial charge in [0.05, 0.1) is 56.8 Å². The molecule has 9 atom stereocenters. The fraction of sp³-hybridized carbons (Fsp3) is 0.500. The molecule has 6 aliphatic rings. The molecule has 0 saturated heterocycles. The first-order chi connectivity index (χ1) is 34.5. The Morgan fingerprint density at radius 1 is 0.458 bits per heavy atom. The van der Waals surface area contributed by atoms with E-state index in [1.165, 1.54) is 0 Å². The predicted molar refractivity (Wildman–Crippen MR) is 269 cm³/mol. The highest BCUT2D eigenvalue weighted by Crippen LogP contribution is 2.50. The Labute approximate surface area is 442 Å². The van der Waals surface area contributed by atoms with Crippen molar-refractivity contribution in [3.63, 3.8) is 0 Å². The molecule has 0 N–H and O–H groups in total. The molecule has 0 bridgehead atoms. The first kappa shape index (κ1) is 54.7. The van der Waals surface area contributed by atoms with Crippen molar-refractivity contribution in [1.82, 2.24) is 0 Å². The number of carbonyl (C=O) groups is 9. The number of hydrogen-bond donors (Lipinski definition) is 0. The molecule has 3 fully saturated rings. The van der Waals surface area contributed by atoms with Gasteiger partial charge in [0.1, 0.15) is 34.6 Å². The van der Waals surface area contributed by atoms with Crippen molar-refractivity contribution in [3.8, 4) is 17.2 Å². The van der Waals surface area contributed by atoms with E-state index in [9.17, 15) is 43.2 Å². The van der Waals surface area contributed by atoms with Crippen LogP contribution in [0.5, 0.6) is 17.2 Å². The minimum Gasteiger partial charge on any atom is -0.466 e. The third-order valence-electron chi connectivity index (χ3n) is 14.3. The molecule has 0 aromatic heterocycles. The maximum atomic E-state index is 12.6. The monoisotopic (exact) mass is 1180 g/mol. The van der Waals surface area contributed by atoms with Gasteiger partial charge in [-0.1, -0.05) is 47.8 Å². The van der Waals surface area contributed by atoms with Crippen LogP contribution in [0, 0.1) is 35.5 Å². The van der Waals surface area contributed by atoms with Crippen LogP contribution in [0.2, 0.25) is 0 Å². The van der Waals surface area contributed by atoms with Gasteiger partial charge in [0.25, 0.3) is 0 Å².